The highest BCUT2D eigenvalue weighted by Crippen LogP contribution is 2.52. The average Bonchev–Trinajstić information content (AvgIpc) is 2.96. The van der Waals surface area contributed by atoms with Crippen LogP contribution in [-0.4, -0.2) is 5.91 Å². The van der Waals surface area contributed by atoms with Gasteiger partial charge < -0.3 is 4.74 Å². The van der Waals surface area contributed by atoms with Crippen LogP contribution < -0.4 is 9.64 Å². The zero-order valence-corrected chi connectivity index (χ0v) is 11.3. The second-order valence-electron chi connectivity index (χ2n) is 5.45. The summed E-state index contributed by atoms with van der Waals surface area (Å²) < 4.78 is 6.22. The maximum Gasteiger partial charge on any atom is 0.230 e. The van der Waals surface area contributed by atoms with E-state index >= 15 is 0 Å². The molecule has 0 radical (unpaired) electrons. The first-order valence-corrected chi connectivity index (χ1v) is 6.89. The first-order chi connectivity index (χ1) is 9.71. The van der Waals surface area contributed by atoms with Crippen molar-refractivity contribution in [2.75, 3.05) is 4.90 Å². The molecule has 4 rings (SSSR count). The van der Waals surface area contributed by atoms with E-state index in [4.69, 9.17) is 4.74 Å². The number of carbonyl (C=O) groups is 1. The van der Waals surface area contributed by atoms with Crippen LogP contribution in [-0.2, 0) is 10.5 Å². The van der Waals surface area contributed by atoms with E-state index in [9.17, 15) is 4.79 Å². The molecule has 100 valence electrons. The zero-order chi connectivity index (χ0) is 13.7. The Balaban J connectivity index is 1.90. The van der Waals surface area contributed by atoms with Gasteiger partial charge in [0.15, 0.2) is 0 Å². The number of ether oxygens (including phenoxy) is 1. The van der Waals surface area contributed by atoms with E-state index in [-0.39, 0.29) is 5.91 Å². The summed E-state index contributed by atoms with van der Waals surface area (Å²) in [7, 11) is 0. The molecule has 2 aromatic carbocycles. The Kier molecular flexibility index (Phi) is 2.22. The van der Waals surface area contributed by atoms with Crippen molar-refractivity contribution in [2.24, 2.45) is 0 Å². The summed E-state index contributed by atoms with van der Waals surface area (Å²) in [5.41, 5.74) is 2.49. The van der Waals surface area contributed by atoms with E-state index in [0.717, 1.165) is 17.0 Å². The first-order valence-electron chi connectivity index (χ1n) is 6.89. The van der Waals surface area contributed by atoms with Crippen molar-refractivity contribution in [3.05, 3.63) is 59.7 Å². The quantitative estimate of drug-likeness (QED) is 0.791. The van der Waals surface area contributed by atoms with Crippen molar-refractivity contribution in [3.63, 3.8) is 0 Å². The summed E-state index contributed by atoms with van der Waals surface area (Å²) in [5.74, 6) is 0.927. The number of fused-ring (bicyclic) bond motifs is 3. The highest BCUT2D eigenvalue weighted by atomic mass is 16.5. The molecule has 2 aromatic rings. The predicted octanol–water partition coefficient (Wildman–Crippen LogP) is 3.37. The molecule has 0 spiro atoms. The van der Waals surface area contributed by atoms with Gasteiger partial charge in [0.05, 0.1) is 5.69 Å². The van der Waals surface area contributed by atoms with Gasteiger partial charge >= 0.3 is 0 Å². The Labute approximate surface area is 117 Å². The van der Waals surface area contributed by atoms with Crippen LogP contribution in [0, 0.1) is 6.92 Å². The molecule has 1 fully saturated rings. The Morgan fingerprint density at radius 3 is 2.65 bits per heavy atom. The summed E-state index contributed by atoms with van der Waals surface area (Å²) >= 11 is 0. The SMILES string of the molecule is Cc1ccc([C@@]23CCC(=O)N2c2ccccc2O3)cc1. The number of carbonyl (C=O) groups excluding carboxylic acids is 1. The van der Waals surface area contributed by atoms with Gasteiger partial charge in [-0.15, -0.1) is 0 Å². The number of benzene rings is 2. The molecule has 3 nitrogen and oxygen atoms in total. The largest absolute Gasteiger partial charge is 0.461 e. The lowest BCUT2D eigenvalue weighted by Gasteiger charge is -2.31. The minimum absolute atomic E-state index is 0.135. The Morgan fingerprint density at radius 1 is 1.10 bits per heavy atom. The van der Waals surface area contributed by atoms with Gasteiger partial charge in [-0.3, -0.25) is 9.69 Å². The van der Waals surface area contributed by atoms with Crippen LogP contribution in [0.5, 0.6) is 5.75 Å². The molecule has 2 aliphatic heterocycles. The fraction of sp³-hybridized carbons (Fsp3) is 0.235. The number of hydrogen-bond donors (Lipinski definition) is 0. The van der Waals surface area contributed by atoms with Crippen molar-refractivity contribution in [3.8, 4) is 5.75 Å². The standard InChI is InChI=1S/C17H15NO2/c1-12-6-8-13(9-7-12)17-11-10-16(19)18(17)14-4-2-3-5-15(14)20-17/h2-9H,10-11H2,1H3/t17-/m0/s1. The molecule has 0 saturated carbocycles. The van der Waals surface area contributed by atoms with Crippen LogP contribution in [0.1, 0.15) is 24.0 Å². The van der Waals surface area contributed by atoms with E-state index in [1.54, 1.807) is 0 Å². The molecule has 0 N–H and O–H groups in total. The molecular weight excluding hydrogens is 250 g/mol. The maximum absolute atomic E-state index is 12.3. The highest BCUT2D eigenvalue weighted by Gasteiger charge is 2.54. The number of rotatable bonds is 1. The number of amides is 1. The van der Waals surface area contributed by atoms with Crippen LogP contribution in [0.25, 0.3) is 0 Å². The Bertz CT molecular complexity index is 692. The van der Waals surface area contributed by atoms with E-state index in [2.05, 4.69) is 31.2 Å². The molecule has 0 unspecified atom stereocenters. The predicted molar refractivity (Wildman–Crippen MR) is 76.6 cm³/mol. The molecule has 1 amide bonds. The number of hydrogen-bond acceptors (Lipinski definition) is 2. The minimum Gasteiger partial charge on any atom is -0.461 e. The lowest BCUT2D eigenvalue weighted by Crippen LogP contribution is -2.43. The molecule has 2 heterocycles. The average molecular weight is 265 g/mol. The van der Waals surface area contributed by atoms with Crippen molar-refractivity contribution in [1.29, 1.82) is 0 Å². The number of nitrogens with zero attached hydrogens (tertiary/aromatic N) is 1. The molecule has 1 atom stereocenters. The first kappa shape index (κ1) is 11.5. The van der Waals surface area contributed by atoms with Crippen molar-refractivity contribution < 1.29 is 9.53 Å². The summed E-state index contributed by atoms with van der Waals surface area (Å²) in [4.78, 5) is 14.1. The fourth-order valence-corrected chi connectivity index (χ4v) is 3.18. The van der Waals surface area contributed by atoms with Gasteiger partial charge in [-0.05, 0) is 19.1 Å². The van der Waals surface area contributed by atoms with Gasteiger partial charge in [0.2, 0.25) is 11.6 Å². The molecule has 0 aromatic heterocycles. The Hall–Kier alpha value is -2.29. The third kappa shape index (κ3) is 1.38. The number of para-hydroxylation sites is 2. The molecule has 2 aliphatic rings. The molecule has 0 bridgehead atoms. The fourth-order valence-electron chi connectivity index (χ4n) is 3.18. The molecule has 0 aliphatic carbocycles. The smallest absolute Gasteiger partial charge is 0.230 e. The summed E-state index contributed by atoms with van der Waals surface area (Å²) in [6.07, 6.45) is 1.23. The van der Waals surface area contributed by atoms with E-state index in [1.165, 1.54) is 5.56 Å². The number of aryl methyl sites for hydroxylation is 1. The van der Waals surface area contributed by atoms with Gasteiger partial charge in [-0.1, -0.05) is 42.0 Å². The molecule has 20 heavy (non-hydrogen) atoms. The van der Waals surface area contributed by atoms with Gasteiger partial charge in [0.1, 0.15) is 5.75 Å². The van der Waals surface area contributed by atoms with Crippen LogP contribution in [0.3, 0.4) is 0 Å². The highest BCUT2D eigenvalue weighted by molar-refractivity contribution is 6.00. The summed E-state index contributed by atoms with van der Waals surface area (Å²) in [5, 5.41) is 0. The van der Waals surface area contributed by atoms with Crippen LogP contribution in [0.4, 0.5) is 5.69 Å². The van der Waals surface area contributed by atoms with Crippen LogP contribution in [0.15, 0.2) is 48.5 Å². The van der Waals surface area contributed by atoms with Gasteiger partial charge in [-0.25, -0.2) is 0 Å². The lowest BCUT2D eigenvalue weighted by molar-refractivity contribution is -0.117. The summed E-state index contributed by atoms with van der Waals surface area (Å²) in [6, 6.07) is 16.0. The van der Waals surface area contributed by atoms with Crippen LogP contribution in [0.2, 0.25) is 0 Å². The molecular formula is C17H15NO2. The van der Waals surface area contributed by atoms with E-state index in [1.807, 2.05) is 29.2 Å². The van der Waals surface area contributed by atoms with Gasteiger partial charge in [0.25, 0.3) is 0 Å². The second kappa shape index (κ2) is 3.85. The minimum atomic E-state index is -0.644. The van der Waals surface area contributed by atoms with E-state index < -0.39 is 5.72 Å². The van der Waals surface area contributed by atoms with E-state index in [0.29, 0.717) is 12.8 Å². The van der Waals surface area contributed by atoms with Crippen molar-refractivity contribution in [2.45, 2.75) is 25.5 Å². The number of anilines is 1. The Morgan fingerprint density at radius 2 is 1.85 bits per heavy atom. The summed E-state index contributed by atoms with van der Waals surface area (Å²) in [6.45, 7) is 2.06. The normalized spacial score (nSPS) is 23.4. The topological polar surface area (TPSA) is 29.5 Å². The third-order valence-corrected chi connectivity index (χ3v) is 4.18. The van der Waals surface area contributed by atoms with Crippen molar-refractivity contribution >= 4 is 11.6 Å². The van der Waals surface area contributed by atoms with Crippen molar-refractivity contribution in [1.82, 2.24) is 0 Å². The zero-order valence-electron chi connectivity index (χ0n) is 11.3. The molecule has 1 saturated heterocycles. The third-order valence-electron chi connectivity index (χ3n) is 4.18. The maximum atomic E-state index is 12.3. The lowest BCUT2D eigenvalue weighted by atomic mass is 9.99. The molecule has 3 heteroatoms. The van der Waals surface area contributed by atoms with Gasteiger partial charge in [-0.2, -0.15) is 0 Å². The van der Waals surface area contributed by atoms with Gasteiger partial charge in [0, 0.05) is 18.4 Å². The van der Waals surface area contributed by atoms with Crippen LogP contribution >= 0.6 is 0 Å². The second-order valence-corrected chi connectivity index (χ2v) is 5.45. The monoisotopic (exact) mass is 265 g/mol.